The Bertz CT molecular complexity index is 765. The van der Waals surface area contributed by atoms with E-state index in [1.165, 1.54) is 6.92 Å². The number of hydrogen-bond acceptors (Lipinski definition) is 7. The molecule has 3 rings (SSSR count). The molecule has 1 aromatic heterocycles. The van der Waals surface area contributed by atoms with Crippen LogP contribution < -0.4 is 10.6 Å². The summed E-state index contributed by atoms with van der Waals surface area (Å²) in [4.78, 5) is 23.8. The maximum absolute atomic E-state index is 12.7. The highest BCUT2D eigenvalue weighted by molar-refractivity contribution is 5.76. The van der Waals surface area contributed by atoms with Crippen molar-refractivity contribution in [2.24, 2.45) is 17.8 Å². The number of fused-ring (bicyclic) bond motifs is 1. The largest absolute Gasteiger partial charge is 0.464 e. The molecule has 1 aromatic rings. The summed E-state index contributed by atoms with van der Waals surface area (Å²) in [6.45, 7) is 1.48. The molecule has 5 atom stereocenters. The predicted molar refractivity (Wildman–Crippen MR) is 102 cm³/mol. The predicted octanol–water partition coefficient (Wildman–Crippen LogP) is 0.985. The van der Waals surface area contributed by atoms with Gasteiger partial charge in [-0.05, 0) is 56.9 Å². The van der Waals surface area contributed by atoms with Crippen molar-refractivity contribution < 1.29 is 18.4 Å². The highest BCUT2D eigenvalue weighted by atomic mass is 16.5. The molecule has 0 unspecified atom stereocenters. The van der Waals surface area contributed by atoms with Crippen LogP contribution in [0.2, 0.25) is 0 Å². The van der Waals surface area contributed by atoms with Crippen molar-refractivity contribution in [2.45, 2.75) is 70.9 Å². The molecule has 1 amide bonds. The van der Waals surface area contributed by atoms with Gasteiger partial charge in [0.25, 0.3) is 0 Å². The monoisotopic (exact) mass is 395 g/mol. The van der Waals surface area contributed by atoms with E-state index in [-0.39, 0.29) is 36.8 Å². The molecular weight excluding hydrogens is 360 g/mol. The highest BCUT2D eigenvalue weighted by Crippen LogP contribution is 2.40. The van der Waals surface area contributed by atoms with E-state index in [9.17, 15) is 9.59 Å². The lowest BCUT2D eigenvalue weighted by molar-refractivity contribution is -0.148. The number of piperidine rings is 1. The average molecular weight is 396 g/mol. The molecule has 1 saturated heterocycles. The molecule has 0 radical (unpaired) electrons. The van der Waals surface area contributed by atoms with Crippen LogP contribution in [0.5, 0.6) is 0 Å². The zero-order chi connectivity index (χ0) is 22.6. The molecule has 3 N–H and O–H groups in total. The third-order valence-corrected chi connectivity index (χ3v) is 5.61. The molecule has 0 spiro atoms. The van der Waals surface area contributed by atoms with Crippen LogP contribution in [-0.4, -0.2) is 57.7 Å². The minimum Gasteiger partial charge on any atom is -0.464 e. The second kappa shape index (κ2) is 9.95. The smallest absolute Gasteiger partial charge is 0.323 e. The van der Waals surface area contributed by atoms with Gasteiger partial charge in [-0.2, -0.15) is 5.21 Å². The Hall–Kier alpha value is -2.03. The van der Waals surface area contributed by atoms with Gasteiger partial charge in [0.05, 0.1) is 7.98 Å². The Balaban J connectivity index is 1.56. The Kier molecular flexibility index (Phi) is 6.00. The van der Waals surface area contributed by atoms with Crippen molar-refractivity contribution in [1.82, 2.24) is 31.3 Å². The van der Waals surface area contributed by atoms with Gasteiger partial charge in [0.1, 0.15) is 6.02 Å². The van der Waals surface area contributed by atoms with Crippen molar-refractivity contribution in [1.29, 1.82) is 0 Å². The minimum atomic E-state index is -1.82. The first-order valence-corrected chi connectivity index (χ1v) is 10.0. The summed E-state index contributed by atoms with van der Waals surface area (Å²) in [7, 11) is 0. The fourth-order valence-corrected chi connectivity index (χ4v) is 4.12. The van der Waals surface area contributed by atoms with Gasteiger partial charge < -0.3 is 15.4 Å². The van der Waals surface area contributed by atoms with E-state index in [1.54, 1.807) is 0 Å². The van der Waals surface area contributed by atoms with Gasteiger partial charge in [0.15, 0.2) is 5.82 Å². The maximum Gasteiger partial charge on any atom is 0.323 e. The van der Waals surface area contributed by atoms with Crippen molar-refractivity contribution in [3.8, 4) is 0 Å². The molecule has 0 bridgehead atoms. The van der Waals surface area contributed by atoms with E-state index in [0.29, 0.717) is 31.0 Å². The molecule has 0 aromatic carbocycles. The molecule has 1 aliphatic heterocycles. The lowest BCUT2D eigenvalue weighted by Gasteiger charge is -2.42. The Morgan fingerprint density at radius 3 is 3.00 bits per heavy atom. The molecule has 156 valence electrons. The number of hydrogen-bond donors (Lipinski definition) is 3. The molecule has 9 nitrogen and oxygen atoms in total. The molecule has 1 saturated carbocycles. The Morgan fingerprint density at radius 2 is 2.25 bits per heavy atom. The first kappa shape index (κ1) is 16.9. The van der Waals surface area contributed by atoms with E-state index in [2.05, 4.69) is 31.3 Å². The van der Waals surface area contributed by atoms with Gasteiger partial charge in [-0.25, -0.2) is 0 Å². The van der Waals surface area contributed by atoms with Crippen molar-refractivity contribution in [2.75, 3.05) is 13.1 Å². The second-order valence-corrected chi connectivity index (χ2v) is 7.89. The molecular formula is C19H32N6O3. The van der Waals surface area contributed by atoms with Crippen LogP contribution in [-0.2, 0) is 20.7 Å². The van der Waals surface area contributed by atoms with E-state index in [4.69, 9.17) is 8.85 Å². The molecule has 2 aliphatic rings. The summed E-state index contributed by atoms with van der Waals surface area (Å²) in [5, 5.41) is 19.3. The molecule has 9 heteroatoms. The zero-order valence-electron chi connectivity index (χ0n) is 19.5. The molecule has 1 aliphatic carbocycles. The van der Waals surface area contributed by atoms with Crippen molar-refractivity contribution in [3.63, 3.8) is 0 Å². The van der Waals surface area contributed by atoms with E-state index >= 15 is 0 Å². The number of aromatic amines is 1. The summed E-state index contributed by atoms with van der Waals surface area (Å²) in [6.07, 6.45) is 4.59. The average Bonchev–Trinajstić information content (AvgIpc) is 3.18. The lowest BCUT2D eigenvalue weighted by Crippen LogP contribution is -2.50. The number of rotatable bonds is 8. The fourth-order valence-electron chi connectivity index (χ4n) is 4.12. The summed E-state index contributed by atoms with van der Waals surface area (Å²) in [6, 6.07) is -1.97. The number of nitrogens with zero attached hydrogens (tertiary/aromatic N) is 3. The number of tetrazole rings is 1. The van der Waals surface area contributed by atoms with Gasteiger partial charge in [0.2, 0.25) is 5.91 Å². The quantitative estimate of drug-likeness (QED) is 0.561. The number of amides is 1. The SMILES string of the molecule is [2H]C1([2H])N[C@]([2H])(C(=O)OCC[C@@H](C)NC(C)=O)C[C@H]2C[C@@H](CCc3nn[nH]n3)CC[C@H]21. The zero-order valence-corrected chi connectivity index (χ0v) is 16.5. The van der Waals surface area contributed by atoms with E-state index < -0.39 is 18.5 Å². The number of carbonyl (C=O) groups is 2. The van der Waals surface area contributed by atoms with Gasteiger partial charge in [-0.1, -0.05) is 11.6 Å². The van der Waals surface area contributed by atoms with Crippen LogP contribution in [0.3, 0.4) is 0 Å². The number of H-pyrrole nitrogens is 1. The summed E-state index contributed by atoms with van der Waals surface area (Å²) in [5.41, 5.74) is 0. The maximum atomic E-state index is 12.7. The Labute approximate surface area is 170 Å². The van der Waals surface area contributed by atoms with Crippen molar-refractivity contribution in [3.05, 3.63) is 5.82 Å². The van der Waals surface area contributed by atoms with Crippen molar-refractivity contribution >= 4 is 11.9 Å². The van der Waals surface area contributed by atoms with E-state index in [0.717, 1.165) is 19.3 Å². The van der Waals surface area contributed by atoms with Gasteiger partial charge in [-0.15, -0.1) is 10.2 Å². The number of nitrogens with one attached hydrogen (secondary N) is 3. The standard InChI is InChI=1S/C19H32N6O3/c1-12(21-13(2)26)7-8-28-19(27)17-10-16-9-14(3-5-15(16)11-20-17)4-6-18-22-24-25-23-18/h12,14-17,20H,3-11H2,1-2H3,(H,21,26)(H,22,23,24,25)/t12-,14-,15+,16-,17+/m1/s1/i11D2,17D. The Morgan fingerprint density at radius 1 is 1.39 bits per heavy atom. The molecule has 2 heterocycles. The number of aromatic nitrogens is 4. The normalized spacial score (nSPS) is 34.2. The van der Waals surface area contributed by atoms with Crippen LogP contribution in [0.1, 0.15) is 62.3 Å². The first-order valence-electron chi connectivity index (χ1n) is 11.5. The fraction of sp³-hybridized carbons (Fsp3) is 0.842. The number of esters is 1. The summed E-state index contributed by atoms with van der Waals surface area (Å²) >= 11 is 0. The van der Waals surface area contributed by atoms with Crippen LogP contribution in [0.15, 0.2) is 0 Å². The van der Waals surface area contributed by atoms with Crippen LogP contribution in [0, 0.1) is 17.8 Å². The third-order valence-electron chi connectivity index (χ3n) is 5.61. The summed E-state index contributed by atoms with van der Waals surface area (Å²) < 4.78 is 30.9. The molecule has 28 heavy (non-hydrogen) atoms. The topological polar surface area (TPSA) is 122 Å². The van der Waals surface area contributed by atoms with Gasteiger partial charge >= 0.3 is 5.97 Å². The van der Waals surface area contributed by atoms with Crippen LogP contribution in [0.4, 0.5) is 0 Å². The first-order chi connectivity index (χ1) is 14.6. The van der Waals surface area contributed by atoms with Crippen LogP contribution in [0.25, 0.3) is 0 Å². The third kappa shape index (κ3) is 5.98. The second-order valence-electron chi connectivity index (χ2n) is 7.89. The minimum absolute atomic E-state index is 0.0625. The number of carbonyl (C=O) groups excluding carboxylic acids is 2. The van der Waals surface area contributed by atoms with E-state index in [1.807, 2.05) is 6.92 Å². The van der Waals surface area contributed by atoms with Crippen LogP contribution >= 0.6 is 0 Å². The highest BCUT2D eigenvalue weighted by Gasteiger charge is 2.38. The number of ether oxygens (including phenoxy) is 1. The molecule has 2 fully saturated rings. The number of aryl methyl sites for hydroxylation is 1. The van der Waals surface area contributed by atoms with Gasteiger partial charge in [-0.3, -0.25) is 9.59 Å². The lowest BCUT2D eigenvalue weighted by atomic mass is 9.69. The summed E-state index contributed by atoms with van der Waals surface area (Å²) in [5.74, 6) is -0.209. The van der Waals surface area contributed by atoms with Gasteiger partial charge in [0, 0.05) is 28.5 Å².